The largest absolute Gasteiger partial charge is 0.454 e. The Hall–Kier alpha value is -3.44. The summed E-state index contributed by atoms with van der Waals surface area (Å²) in [5, 5.41) is 1.87. The molecule has 3 rings (SSSR count). The summed E-state index contributed by atoms with van der Waals surface area (Å²) in [6.45, 7) is -0.0868. The second-order valence-corrected chi connectivity index (χ2v) is 5.74. The van der Waals surface area contributed by atoms with Crippen LogP contribution in [0.15, 0.2) is 36.4 Å². The summed E-state index contributed by atoms with van der Waals surface area (Å²) in [5.41, 5.74) is -4.04. The van der Waals surface area contributed by atoms with Gasteiger partial charge in [-0.25, -0.2) is 9.69 Å². The molecule has 12 heteroatoms. The Morgan fingerprint density at radius 1 is 0.931 bits per heavy atom. The van der Waals surface area contributed by atoms with Gasteiger partial charge in [0, 0.05) is 11.8 Å². The fourth-order valence-corrected chi connectivity index (χ4v) is 2.47. The number of rotatable bonds is 3. The van der Waals surface area contributed by atoms with E-state index in [1.807, 2.05) is 5.32 Å². The van der Waals surface area contributed by atoms with Crippen LogP contribution in [0, 0.1) is 0 Å². The second-order valence-electron chi connectivity index (χ2n) is 5.74. The van der Waals surface area contributed by atoms with E-state index in [9.17, 15) is 35.9 Å². The summed E-state index contributed by atoms with van der Waals surface area (Å²) in [6.07, 6.45) is -10.1. The number of urea groups is 1. The van der Waals surface area contributed by atoms with Gasteiger partial charge < -0.3 is 14.8 Å². The first-order valence-electron chi connectivity index (χ1n) is 7.73. The molecule has 0 spiro atoms. The smallest absolute Gasteiger partial charge is 0.416 e. The molecule has 0 aliphatic carbocycles. The molecule has 0 radical (unpaired) electrons. The highest BCUT2D eigenvalue weighted by molar-refractivity contribution is 6.12. The molecule has 0 saturated carbocycles. The fourth-order valence-electron chi connectivity index (χ4n) is 2.47. The maximum absolute atomic E-state index is 12.9. The van der Waals surface area contributed by atoms with E-state index in [0.29, 0.717) is 22.8 Å². The Morgan fingerprint density at radius 2 is 1.52 bits per heavy atom. The lowest BCUT2D eigenvalue weighted by Gasteiger charge is -2.19. The maximum Gasteiger partial charge on any atom is 0.416 e. The zero-order chi connectivity index (χ0) is 21.4. The minimum absolute atomic E-state index is 0.0372. The Balaban J connectivity index is 1.91. The summed E-state index contributed by atoms with van der Waals surface area (Å²) < 4.78 is 87.7. The van der Waals surface area contributed by atoms with E-state index < -0.39 is 35.2 Å². The number of hydrogen-bond acceptors (Lipinski definition) is 4. The monoisotopic (exact) mass is 420 g/mol. The lowest BCUT2D eigenvalue weighted by Crippen LogP contribution is -2.33. The molecule has 0 bridgehead atoms. The minimum atomic E-state index is -5.08. The number of carbonyl (C=O) groups is 2. The number of imide groups is 1. The van der Waals surface area contributed by atoms with Crippen LogP contribution in [-0.2, 0) is 17.1 Å². The molecule has 1 N–H and O–H groups in total. The van der Waals surface area contributed by atoms with Gasteiger partial charge in [-0.2, -0.15) is 26.3 Å². The SMILES string of the molecule is O=CN(C(=O)Nc1cc(C(F)(F)F)cc(C(F)(F)F)c1)c1ccc2c(c1)OCO2. The number of ether oxygens (including phenoxy) is 2. The molecular formula is C17H10F6N2O4. The third kappa shape index (κ3) is 4.36. The van der Waals surface area contributed by atoms with Gasteiger partial charge in [-0.15, -0.1) is 0 Å². The van der Waals surface area contributed by atoms with E-state index in [1.54, 1.807) is 0 Å². The van der Waals surface area contributed by atoms with Gasteiger partial charge in [0.25, 0.3) is 0 Å². The average Bonchev–Trinajstić information content (AvgIpc) is 3.08. The van der Waals surface area contributed by atoms with Gasteiger partial charge in [0.1, 0.15) is 0 Å². The standard InChI is InChI=1S/C17H10F6N2O4/c18-16(19,20)9-3-10(17(21,22)23)5-11(4-9)24-15(27)25(7-26)12-1-2-13-14(6-12)29-8-28-13/h1-7H,8H2,(H,24,27). The predicted molar refractivity (Wildman–Crippen MR) is 86.6 cm³/mol. The van der Waals surface area contributed by atoms with E-state index in [1.165, 1.54) is 18.2 Å². The van der Waals surface area contributed by atoms with Crippen LogP contribution < -0.4 is 19.7 Å². The third-order valence-electron chi connectivity index (χ3n) is 3.80. The van der Waals surface area contributed by atoms with E-state index in [2.05, 4.69) is 0 Å². The number of carbonyl (C=O) groups excluding carboxylic acids is 2. The summed E-state index contributed by atoms with van der Waals surface area (Å²) in [6, 6.07) is 3.23. The van der Waals surface area contributed by atoms with Crippen molar-refractivity contribution in [1.82, 2.24) is 0 Å². The zero-order valence-corrected chi connectivity index (χ0v) is 14.1. The Kier molecular flexibility index (Phi) is 5.03. The van der Waals surface area contributed by atoms with Crippen molar-refractivity contribution in [3.8, 4) is 11.5 Å². The van der Waals surface area contributed by atoms with E-state index in [0.717, 1.165) is 0 Å². The van der Waals surface area contributed by atoms with Crippen LogP contribution in [0.2, 0.25) is 0 Å². The van der Waals surface area contributed by atoms with Crippen molar-refractivity contribution < 1.29 is 45.4 Å². The van der Waals surface area contributed by atoms with Crippen molar-refractivity contribution in [3.63, 3.8) is 0 Å². The Morgan fingerprint density at radius 3 is 2.07 bits per heavy atom. The maximum atomic E-state index is 12.9. The number of amides is 3. The number of benzene rings is 2. The van der Waals surface area contributed by atoms with Crippen LogP contribution in [0.25, 0.3) is 0 Å². The Bertz CT molecular complexity index is 926. The molecule has 0 fully saturated rings. The van der Waals surface area contributed by atoms with Crippen LogP contribution in [-0.4, -0.2) is 19.2 Å². The van der Waals surface area contributed by atoms with Gasteiger partial charge >= 0.3 is 18.4 Å². The molecular weight excluding hydrogens is 410 g/mol. The lowest BCUT2D eigenvalue weighted by atomic mass is 10.1. The number of nitrogens with zero attached hydrogens (tertiary/aromatic N) is 1. The third-order valence-corrected chi connectivity index (χ3v) is 3.80. The molecule has 2 aromatic rings. The summed E-state index contributed by atoms with van der Waals surface area (Å²) in [4.78, 5) is 24.1. The number of hydrogen-bond donors (Lipinski definition) is 1. The summed E-state index contributed by atoms with van der Waals surface area (Å²) >= 11 is 0. The average molecular weight is 420 g/mol. The molecule has 0 saturated heterocycles. The van der Waals surface area contributed by atoms with Gasteiger partial charge in [0.2, 0.25) is 13.2 Å². The van der Waals surface area contributed by atoms with Crippen molar-refractivity contribution in [2.45, 2.75) is 12.4 Å². The molecule has 1 heterocycles. The quantitative estimate of drug-likeness (QED) is 0.580. The molecule has 1 aliphatic rings. The van der Waals surface area contributed by atoms with Crippen LogP contribution in [0.4, 0.5) is 42.5 Å². The van der Waals surface area contributed by atoms with Gasteiger partial charge in [-0.3, -0.25) is 4.79 Å². The molecule has 3 amide bonds. The molecule has 154 valence electrons. The normalized spacial score (nSPS) is 13.2. The first-order chi connectivity index (χ1) is 13.5. The van der Waals surface area contributed by atoms with E-state index in [-0.39, 0.29) is 30.7 Å². The molecule has 2 aromatic carbocycles. The van der Waals surface area contributed by atoms with Gasteiger partial charge in [0.15, 0.2) is 11.5 Å². The van der Waals surface area contributed by atoms with Crippen LogP contribution >= 0.6 is 0 Å². The number of halogens is 6. The van der Waals surface area contributed by atoms with Crippen molar-refractivity contribution >= 4 is 23.8 Å². The van der Waals surface area contributed by atoms with E-state index >= 15 is 0 Å². The molecule has 29 heavy (non-hydrogen) atoms. The Labute approximate surface area is 158 Å². The van der Waals surface area contributed by atoms with Gasteiger partial charge in [-0.05, 0) is 30.3 Å². The van der Waals surface area contributed by atoms with Crippen LogP contribution in [0.1, 0.15) is 11.1 Å². The van der Waals surface area contributed by atoms with Crippen molar-refractivity contribution in [1.29, 1.82) is 0 Å². The summed E-state index contributed by atoms with van der Waals surface area (Å²) in [7, 11) is 0. The topological polar surface area (TPSA) is 67.9 Å². The van der Waals surface area contributed by atoms with Crippen LogP contribution in [0.3, 0.4) is 0 Å². The lowest BCUT2D eigenvalue weighted by molar-refractivity contribution is -0.143. The zero-order valence-electron chi connectivity index (χ0n) is 14.1. The molecule has 1 aliphatic heterocycles. The summed E-state index contributed by atoms with van der Waals surface area (Å²) in [5.74, 6) is 0.549. The molecule has 0 atom stereocenters. The first-order valence-corrected chi connectivity index (χ1v) is 7.73. The van der Waals surface area contributed by atoms with Gasteiger partial charge in [-0.1, -0.05) is 0 Å². The predicted octanol–water partition coefficient (Wildman–Crippen LogP) is 4.65. The van der Waals surface area contributed by atoms with Gasteiger partial charge in [0.05, 0.1) is 16.8 Å². The highest BCUT2D eigenvalue weighted by Crippen LogP contribution is 2.38. The number of anilines is 2. The van der Waals surface area contributed by atoms with Crippen molar-refractivity contribution in [2.24, 2.45) is 0 Å². The second kappa shape index (κ2) is 7.18. The number of nitrogens with one attached hydrogen (secondary N) is 1. The number of alkyl halides is 6. The first kappa shape index (κ1) is 20.3. The minimum Gasteiger partial charge on any atom is -0.454 e. The van der Waals surface area contributed by atoms with Crippen molar-refractivity contribution in [2.75, 3.05) is 17.0 Å². The molecule has 0 unspecified atom stereocenters. The highest BCUT2D eigenvalue weighted by Gasteiger charge is 2.37. The van der Waals surface area contributed by atoms with Crippen LogP contribution in [0.5, 0.6) is 11.5 Å². The van der Waals surface area contributed by atoms with Crippen molar-refractivity contribution in [3.05, 3.63) is 47.5 Å². The number of fused-ring (bicyclic) bond motifs is 1. The van der Waals surface area contributed by atoms with E-state index in [4.69, 9.17) is 9.47 Å². The highest BCUT2D eigenvalue weighted by atomic mass is 19.4. The molecule has 0 aromatic heterocycles. The molecule has 6 nitrogen and oxygen atoms in total. The fraction of sp³-hybridized carbons (Fsp3) is 0.176.